The van der Waals surface area contributed by atoms with Crippen LogP contribution in [0.5, 0.6) is 0 Å². The van der Waals surface area contributed by atoms with Crippen LogP contribution < -0.4 is 5.32 Å². The maximum atomic E-state index is 11.1. The Morgan fingerprint density at radius 1 is 1.54 bits per heavy atom. The molecular formula is C8H15NO4. The average molecular weight is 189 g/mol. The molecule has 0 aliphatic heterocycles. The second-order valence-electron chi connectivity index (χ2n) is 2.67. The predicted molar refractivity (Wildman–Crippen MR) is 45.9 cm³/mol. The number of ether oxygens (including phenoxy) is 1. The Bertz CT molecular complexity index is 191. The van der Waals surface area contributed by atoms with Gasteiger partial charge in [0.15, 0.2) is 6.04 Å². The van der Waals surface area contributed by atoms with Crippen LogP contribution in [-0.2, 0) is 14.3 Å². The van der Waals surface area contributed by atoms with Gasteiger partial charge in [-0.1, -0.05) is 0 Å². The molecule has 13 heavy (non-hydrogen) atoms. The fraction of sp³-hybridized carbons (Fsp3) is 0.750. The number of amides is 1. The first-order valence-corrected chi connectivity index (χ1v) is 4.10. The number of carbonyl (C=O) groups excluding carboxylic acids is 2. The summed E-state index contributed by atoms with van der Waals surface area (Å²) >= 11 is 0. The summed E-state index contributed by atoms with van der Waals surface area (Å²) in [6, 6.07) is -0.975. The van der Waals surface area contributed by atoms with Crippen LogP contribution in [-0.4, -0.2) is 35.7 Å². The molecule has 1 amide bonds. The summed E-state index contributed by atoms with van der Waals surface area (Å²) in [5, 5.41) is 11.4. The zero-order chi connectivity index (χ0) is 10.4. The second-order valence-corrected chi connectivity index (χ2v) is 2.67. The number of esters is 1. The predicted octanol–water partition coefficient (Wildman–Crippen LogP) is -0.565. The fourth-order valence-electron chi connectivity index (χ4n) is 0.827. The summed E-state index contributed by atoms with van der Waals surface area (Å²) in [6.07, 6.45) is -0.956. The number of aliphatic hydroxyl groups excluding tert-OH is 1. The van der Waals surface area contributed by atoms with Crippen molar-refractivity contribution in [3.63, 3.8) is 0 Å². The van der Waals surface area contributed by atoms with E-state index >= 15 is 0 Å². The van der Waals surface area contributed by atoms with E-state index in [4.69, 9.17) is 5.11 Å². The van der Waals surface area contributed by atoms with Gasteiger partial charge in [-0.15, -0.1) is 0 Å². The molecule has 0 spiro atoms. The molecule has 0 bridgehead atoms. The molecule has 0 rings (SSSR count). The lowest BCUT2D eigenvalue weighted by atomic mass is 10.2. The maximum Gasteiger partial charge on any atom is 0.331 e. The quantitative estimate of drug-likeness (QED) is 0.581. The van der Waals surface area contributed by atoms with Crippen molar-refractivity contribution in [2.24, 2.45) is 0 Å². The highest BCUT2D eigenvalue weighted by Crippen LogP contribution is 1.96. The number of nitrogens with one attached hydrogen (secondary N) is 1. The Morgan fingerprint density at radius 2 is 2.08 bits per heavy atom. The lowest BCUT2D eigenvalue weighted by molar-refractivity contribution is -0.150. The first-order valence-electron chi connectivity index (χ1n) is 4.10. The van der Waals surface area contributed by atoms with Gasteiger partial charge < -0.3 is 15.2 Å². The molecule has 0 saturated heterocycles. The van der Waals surface area contributed by atoms with Gasteiger partial charge in [-0.2, -0.15) is 0 Å². The van der Waals surface area contributed by atoms with Crippen LogP contribution in [0.1, 0.15) is 20.8 Å². The van der Waals surface area contributed by atoms with Crippen molar-refractivity contribution < 1.29 is 19.4 Å². The van der Waals surface area contributed by atoms with Crippen LogP contribution in [0.15, 0.2) is 0 Å². The molecule has 0 fully saturated rings. The van der Waals surface area contributed by atoms with Gasteiger partial charge in [-0.25, -0.2) is 4.79 Å². The van der Waals surface area contributed by atoms with Gasteiger partial charge in [-0.05, 0) is 13.8 Å². The van der Waals surface area contributed by atoms with E-state index in [1.54, 1.807) is 6.92 Å². The summed E-state index contributed by atoms with van der Waals surface area (Å²) in [6.45, 7) is 4.57. The van der Waals surface area contributed by atoms with E-state index in [9.17, 15) is 9.59 Å². The van der Waals surface area contributed by atoms with Crippen LogP contribution in [0.2, 0.25) is 0 Å². The van der Waals surface area contributed by atoms with Crippen LogP contribution >= 0.6 is 0 Å². The zero-order valence-corrected chi connectivity index (χ0v) is 8.03. The summed E-state index contributed by atoms with van der Waals surface area (Å²) in [5.74, 6) is -0.994. The summed E-state index contributed by atoms with van der Waals surface area (Å²) in [4.78, 5) is 21.8. The van der Waals surface area contributed by atoms with Crippen molar-refractivity contribution in [2.45, 2.75) is 32.9 Å². The smallest absolute Gasteiger partial charge is 0.331 e. The molecule has 2 N–H and O–H groups in total. The van der Waals surface area contributed by atoms with Crippen LogP contribution in [0.3, 0.4) is 0 Å². The highest BCUT2D eigenvalue weighted by atomic mass is 16.5. The van der Waals surface area contributed by atoms with Crippen molar-refractivity contribution >= 4 is 11.9 Å². The Balaban J connectivity index is 4.24. The average Bonchev–Trinajstić information content (AvgIpc) is 1.99. The van der Waals surface area contributed by atoms with Gasteiger partial charge in [0.05, 0.1) is 12.7 Å². The van der Waals surface area contributed by atoms with Crippen molar-refractivity contribution in [3.05, 3.63) is 0 Å². The fourth-order valence-corrected chi connectivity index (χ4v) is 0.827. The highest BCUT2D eigenvalue weighted by Gasteiger charge is 2.25. The minimum atomic E-state index is -0.975. The van der Waals surface area contributed by atoms with Crippen molar-refractivity contribution in [1.29, 1.82) is 0 Å². The SMILES string of the molecule is CCOC(=O)[C@H](NC(C)=O)C(C)O. The van der Waals surface area contributed by atoms with Crippen LogP contribution in [0.25, 0.3) is 0 Å². The molecule has 0 aliphatic rings. The van der Waals surface area contributed by atoms with Crippen molar-refractivity contribution in [3.8, 4) is 0 Å². The van der Waals surface area contributed by atoms with Crippen LogP contribution in [0.4, 0.5) is 0 Å². The van der Waals surface area contributed by atoms with E-state index in [0.29, 0.717) is 0 Å². The van der Waals surface area contributed by atoms with E-state index in [2.05, 4.69) is 10.1 Å². The molecule has 0 aromatic heterocycles. The Morgan fingerprint density at radius 3 is 2.38 bits per heavy atom. The molecule has 76 valence electrons. The first-order chi connectivity index (χ1) is 5.99. The van der Waals surface area contributed by atoms with E-state index in [-0.39, 0.29) is 12.5 Å². The zero-order valence-electron chi connectivity index (χ0n) is 8.03. The third kappa shape index (κ3) is 4.47. The topological polar surface area (TPSA) is 75.6 Å². The molecule has 5 heteroatoms. The maximum absolute atomic E-state index is 11.1. The molecule has 2 atom stereocenters. The lowest BCUT2D eigenvalue weighted by Gasteiger charge is -2.18. The Labute approximate surface area is 77.1 Å². The van der Waals surface area contributed by atoms with Crippen molar-refractivity contribution in [1.82, 2.24) is 5.32 Å². The molecular weight excluding hydrogens is 174 g/mol. The number of hydrogen-bond acceptors (Lipinski definition) is 4. The normalized spacial score (nSPS) is 14.5. The van der Waals surface area contributed by atoms with Gasteiger partial charge in [0.1, 0.15) is 0 Å². The standard InChI is InChI=1S/C8H15NO4/c1-4-13-8(12)7(5(2)10)9-6(3)11/h5,7,10H,4H2,1-3H3,(H,9,11)/t5?,7-/m1/s1. The van der Waals surface area contributed by atoms with Gasteiger partial charge >= 0.3 is 5.97 Å². The molecule has 1 unspecified atom stereocenters. The Hall–Kier alpha value is -1.10. The summed E-state index contributed by atoms with van der Waals surface area (Å²) in [7, 11) is 0. The minimum Gasteiger partial charge on any atom is -0.464 e. The monoisotopic (exact) mass is 189 g/mol. The molecule has 0 aromatic carbocycles. The second kappa shape index (κ2) is 5.53. The number of aliphatic hydroxyl groups is 1. The number of rotatable bonds is 4. The number of carbonyl (C=O) groups is 2. The van der Waals surface area contributed by atoms with E-state index in [1.807, 2.05) is 0 Å². The summed E-state index contributed by atoms with van der Waals surface area (Å²) in [5.41, 5.74) is 0. The third-order valence-corrected chi connectivity index (χ3v) is 1.38. The molecule has 0 radical (unpaired) electrons. The number of hydrogen-bond donors (Lipinski definition) is 2. The van der Waals surface area contributed by atoms with E-state index in [1.165, 1.54) is 13.8 Å². The molecule has 0 aromatic rings. The molecule has 5 nitrogen and oxygen atoms in total. The summed E-state index contributed by atoms with van der Waals surface area (Å²) < 4.78 is 4.65. The van der Waals surface area contributed by atoms with Gasteiger partial charge in [0, 0.05) is 6.92 Å². The van der Waals surface area contributed by atoms with Crippen molar-refractivity contribution in [2.75, 3.05) is 6.61 Å². The molecule has 0 aliphatic carbocycles. The third-order valence-electron chi connectivity index (χ3n) is 1.38. The van der Waals surface area contributed by atoms with E-state index < -0.39 is 18.1 Å². The highest BCUT2D eigenvalue weighted by molar-refractivity contribution is 5.83. The first kappa shape index (κ1) is 11.9. The van der Waals surface area contributed by atoms with Crippen LogP contribution in [0, 0.1) is 0 Å². The lowest BCUT2D eigenvalue weighted by Crippen LogP contribution is -2.47. The Kier molecular flexibility index (Phi) is 5.06. The molecule has 0 saturated carbocycles. The van der Waals surface area contributed by atoms with Gasteiger partial charge in [0.2, 0.25) is 5.91 Å². The van der Waals surface area contributed by atoms with Gasteiger partial charge in [0.25, 0.3) is 0 Å². The largest absolute Gasteiger partial charge is 0.464 e. The van der Waals surface area contributed by atoms with Gasteiger partial charge in [-0.3, -0.25) is 4.79 Å². The van der Waals surface area contributed by atoms with E-state index in [0.717, 1.165) is 0 Å². The molecule has 0 heterocycles. The minimum absolute atomic E-state index is 0.224.